The van der Waals surface area contributed by atoms with Crippen LogP contribution < -0.4 is 0 Å². The average molecular weight is 553 g/mol. The van der Waals surface area contributed by atoms with Gasteiger partial charge in [-0.3, -0.25) is 18.6 Å². The van der Waals surface area contributed by atoms with Gasteiger partial charge < -0.3 is 18.9 Å². The lowest BCUT2D eigenvalue weighted by atomic mass is 10.1. The van der Waals surface area contributed by atoms with Gasteiger partial charge in [-0.15, -0.1) is 0 Å². The highest BCUT2D eigenvalue weighted by Gasteiger charge is 2.27. The zero-order chi connectivity index (χ0) is 28.0. The summed E-state index contributed by atoms with van der Waals surface area (Å²) in [5.74, 6) is -0.829. The van der Waals surface area contributed by atoms with E-state index in [-0.39, 0.29) is 25.6 Å². The van der Waals surface area contributed by atoms with Crippen LogP contribution in [0.1, 0.15) is 110 Å². The molecule has 0 heterocycles. The molecule has 0 amide bonds. The maximum absolute atomic E-state index is 12.2. The molecule has 0 saturated heterocycles. The van der Waals surface area contributed by atoms with Crippen molar-refractivity contribution in [3.63, 3.8) is 0 Å². The molecular formula is C27H55NO8P+. The number of ether oxygens (including phenoxy) is 2. The Balaban J connectivity index is 4.40. The van der Waals surface area contributed by atoms with E-state index < -0.39 is 26.5 Å². The SMILES string of the molecule is CCCCCCCCCCCCC(=O)OC[C@H](COP(=O)(O)OCC[N+](C)(C)C)OC(=O)CCCCC. The summed E-state index contributed by atoms with van der Waals surface area (Å²) in [6.45, 7) is 4.18. The van der Waals surface area contributed by atoms with Gasteiger partial charge in [0.25, 0.3) is 0 Å². The Morgan fingerprint density at radius 1 is 0.730 bits per heavy atom. The molecule has 0 aliphatic rings. The lowest BCUT2D eigenvalue weighted by Crippen LogP contribution is -2.37. The molecule has 0 spiro atoms. The molecule has 0 aromatic carbocycles. The van der Waals surface area contributed by atoms with Gasteiger partial charge >= 0.3 is 19.8 Å². The van der Waals surface area contributed by atoms with Crippen molar-refractivity contribution in [1.29, 1.82) is 0 Å². The minimum absolute atomic E-state index is 0.0343. The summed E-state index contributed by atoms with van der Waals surface area (Å²) in [4.78, 5) is 34.3. The number of quaternary nitrogens is 1. The van der Waals surface area contributed by atoms with Crippen LogP contribution >= 0.6 is 7.82 Å². The van der Waals surface area contributed by atoms with Gasteiger partial charge in [0.1, 0.15) is 19.8 Å². The van der Waals surface area contributed by atoms with Gasteiger partial charge in [0, 0.05) is 12.8 Å². The molecule has 0 rings (SSSR count). The number of carbonyl (C=O) groups is 2. The second-order valence-electron chi connectivity index (χ2n) is 10.8. The first-order valence-corrected chi connectivity index (χ1v) is 15.8. The molecule has 0 radical (unpaired) electrons. The second kappa shape index (κ2) is 21.9. The summed E-state index contributed by atoms with van der Waals surface area (Å²) in [6.07, 6.45) is 13.8. The van der Waals surface area contributed by atoms with Gasteiger partial charge in [-0.2, -0.15) is 0 Å². The zero-order valence-electron chi connectivity index (χ0n) is 24.2. The Morgan fingerprint density at radius 3 is 1.78 bits per heavy atom. The fraction of sp³-hybridized carbons (Fsp3) is 0.926. The maximum atomic E-state index is 12.2. The van der Waals surface area contributed by atoms with Crippen LogP contribution in [0.15, 0.2) is 0 Å². The Kier molecular flexibility index (Phi) is 21.3. The predicted octanol–water partition coefficient (Wildman–Crippen LogP) is 6.17. The van der Waals surface area contributed by atoms with Crippen LogP contribution in [0.2, 0.25) is 0 Å². The van der Waals surface area contributed by atoms with E-state index in [0.717, 1.165) is 32.1 Å². The quantitative estimate of drug-likeness (QED) is 0.0620. The predicted molar refractivity (Wildman–Crippen MR) is 146 cm³/mol. The van der Waals surface area contributed by atoms with Crippen molar-refractivity contribution >= 4 is 19.8 Å². The summed E-state index contributed by atoms with van der Waals surface area (Å²) in [7, 11) is 1.47. The van der Waals surface area contributed by atoms with Gasteiger partial charge in [0.15, 0.2) is 6.10 Å². The summed E-state index contributed by atoms with van der Waals surface area (Å²) in [5.41, 5.74) is 0. The highest BCUT2D eigenvalue weighted by molar-refractivity contribution is 7.47. The number of rotatable bonds is 25. The van der Waals surface area contributed by atoms with Crippen LogP contribution in [0.3, 0.4) is 0 Å². The van der Waals surface area contributed by atoms with Crippen molar-refractivity contribution in [3.8, 4) is 0 Å². The monoisotopic (exact) mass is 552 g/mol. The third kappa shape index (κ3) is 25.1. The van der Waals surface area contributed by atoms with Crippen molar-refractivity contribution in [2.75, 3.05) is 47.5 Å². The molecular weight excluding hydrogens is 497 g/mol. The van der Waals surface area contributed by atoms with E-state index in [1.54, 1.807) is 0 Å². The second-order valence-corrected chi connectivity index (χ2v) is 12.2. The summed E-state index contributed by atoms with van der Waals surface area (Å²) in [6, 6.07) is 0. The Hall–Kier alpha value is -0.990. The average Bonchev–Trinajstić information content (AvgIpc) is 2.81. The fourth-order valence-electron chi connectivity index (χ4n) is 3.54. The number of unbranched alkanes of at least 4 members (excludes halogenated alkanes) is 11. The van der Waals surface area contributed by atoms with E-state index in [1.165, 1.54) is 44.9 Å². The number of phosphoric acid groups is 1. The molecule has 0 aromatic heterocycles. The van der Waals surface area contributed by atoms with Gasteiger partial charge in [0.05, 0.1) is 27.7 Å². The highest BCUT2D eigenvalue weighted by Crippen LogP contribution is 2.43. The molecule has 0 bridgehead atoms. The van der Waals surface area contributed by atoms with Crippen molar-refractivity contribution < 1.29 is 42.1 Å². The first-order valence-electron chi connectivity index (χ1n) is 14.3. The molecule has 0 saturated carbocycles. The van der Waals surface area contributed by atoms with Crippen LogP contribution in [0.5, 0.6) is 0 Å². The van der Waals surface area contributed by atoms with Gasteiger partial charge in [0.2, 0.25) is 0 Å². The topological polar surface area (TPSA) is 108 Å². The number of likely N-dealkylation sites (N-methyl/N-ethyl adjacent to an activating group) is 1. The fourth-order valence-corrected chi connectivity index (χ4v) is 4.28. The standard InChI is InChI=1S/C27H54NO8P/c1-6-8-10-11-12-13-14-15-16-18-19-26(29)33-23-25(36-27(30)20-17-9-7-2)24-35-37(31,32)34-22-21-28(3,4)5/h25H,6-24H2,1-5H3/p+1/t25-/m1/s1. The van der Waals surface area contributed by atoms with Crippen molar-refractivity contribution in [3.05, 3.63) is 0 Å². The van der Waals surface area contributed by atoms with E-state index >= 15 is 0 Å². The van der Waals surface area contributed by atoms with Crippen LogP contribution in [-0.4, -0.2) is 74.9 Å². The van der Waals surface area contributed by atoms with Crippen LogP contribution in [0, 0.1) is 0 Å². The third-order valence-electron chi connectivity index (χ3n) is 5.89. The zero-order valence-corrected chi connectivity index (χ0v) is 25.1. The third-order valence-corrected chi connectivity index (χ3v) is 6.87. The number of phosphoric ester groups is 1. The molecule has 9 nitrogen and oxygen atoms in total. The van der Waals surface area contributed by atoms with E-state index in [4.69, 9.17) is 18.5 Å². The minimum atomic E-state index is -4.33. The minimum Gasteiger partial charge on any atom is -0.462 e. The number of hydrogen-bond donors (Lipinski definition) is 1. The van der Waals surface area contributed by atoms with Gasteiger partial charge in [-0.05, 0) is 12.8 Å². The Morgan fingerprint density at radius 2 is 1.22 bits per heavy atom. The van der Waals surface area contributed by atoms with Crippen molar-refractivity contribution in [2.24, 2.45) is 0 Å². The lowest BCUT2D eigenvalue weighted by Gasteiger charge is -2.24. The summed E-state index contributed by atoms with van der Waals surface area (Å²) >= 11 is 0. The maximum Gasteiger partial charge on any atom is 0.472 e. The van der Waals surface area contributed by atoms with E-state index in [1.807, 2.05) is 28.1 Å². The van der Waals surface area contributed by atoms with Gasteiger partial charge in [-0.25, -0.2) is 4.57 Å². The Labute approximate surface area is 225 Å². The lowest BCUT2D eigenvalue weighted by molar-refractivity contribution is -0.870. The highest BCUT2D eigenvalue weighted by atomic mass is 31.2. The molecule has 2 atom stereocenters. The van der Waals surface area contributed by atoms with Crippen molar-refractivity contribution in [1.82, 2.24) is 0 Å². The largest absolute Gasteiger partial charge is 0.472 e. The first kappa shape index (κ1) is 36.0. The number of hydrogen-bond acceptors (Lipinski definition) is 7. The van der Waals surface area contributed by atoms with E-state index in [9.17, 15) is 19.0 Å². The smallest absolute Gasteiger partial charge is 0.462 e. The molecule has 1 N–H and O–H groups in total. The molecule has 10 heteroatoms. The molecule has 0 aliphatic heterocycles. The molecule has 0 aromatic rings. The first-order chi connectivity index (χ1) is 17.5. The number of carbonyl (C=O) groups excluding carboxylic acids is 2. The molecule has 220 valence electrons. The Bertz CT molecular complexity index is 638. The number of nitrogens with zero attached hydrogens (tertiary/aromatic N) is 1. The van der Waals surface area contributed by atoms with E-state index in [0.29, 0.717) is 23.9 Å². The molecule has 0 aliphatic carbocycles. The summed E-state index contributed by atoms with van der Waals surface area (Å²) < 4.78 is 33.5. The van der Waals surface area contributed by atoms with E-state index in [2.05, 4.69) is 6.92 Å². The molecule has 37 heavy (non-hydrogen) atoms. The normalized spacial score (nSPS) is 14.2. The molecule has 1 unspecified atom stereocenters. The summed E-state index contributed by atoms with van der Waals surface area (Å²) in [5, 5.41) is 0. The van der Waals surface area contributed by atoms with Gasteiger partial charge in [-0.1, -0.05) is 84.5 Å². The van der Waals surface area contributed by atoms with Crippen LogP contribution in [0.25, 0.3) is 0 Å². The van der Waals surface area contributed by atoms with Crippen molar-refractivity contribution in [2.45, 2.75) is 116 Å². The number of esters is 2. The molecule has 0 fully saturated rings. The van der Waals surface area contributed by atoms with Crippen LogP contribution in [-0.2, 0) is 32.7 Å². The van der Waals surface area contributed by atoms with Crippen LogP contribution in [0.4, 0.5) is 0 Å².